The molecule has 2 amide bonds. The summed E-state index contributed by atoms with van der Waals surface area (Å²) >= 11 is 1.64. The summed E-state index contributed by atoms with van der Waals surface area (Å²) in [5.41, 5.74) is 1.27. The molecule has 1 aromatic heterocycles. The van der Waals surface area contributed by atoms with E-state index in [4.69, 9.17) is 4.74 Å². The lowest BCUT2D eigenvalue weighted by Crippen LogP contribution is -2.42. The molecule has 0 aliphatic heterocycles. The molecule has 2 N–H and O–H groups in total. The highest BCUT2D eigenvalue weighted by Gasteiger charge is 2.33. The smallest absolute Gasteiger partial charge is 0.315 e. The van der Waals surface area contributed by atoms with Gasteiger partial charge >= 0.3 is 6.03 Å². The van der Waals surface area contributed by atoms with E-state index in [0.717, 1.165) is 30.3 Å². The lowest BCUT2D eigenvalue weighted by Gasteiger charge is -2.29. The van der Waals surface area contributed by atoms with Crippen LogP contribution in [0.1, 0.15) is 47.7 Å². The van der Waals surface area contributed by atoms with E-state index in [2.05, 4.69) is 22.5 Å². The molecule has 1 saturated carbocycles. The molecule has 1 fully saturated rings. The van der Waals surface area contributed by atoms with Gasteiger partial charge in [0.25, 0.3) is 0 Å². The molecular formula is C16H27N3O2S. The molecule has 0 saturated heterocycles. The lowest BCUT2D eigenvalue weighted by atomic mass is 9.83. The zero-order valence-electron chi connectivity index (χ0n) is 13.8. The number of hydrogen-bond donors (Lipinski definition) is 2. The molecule has 124 valence electrons. The number of ether oxygens (including phenoxy) is 1. The second kappa shape index (κ2) is 7.92. The number of nitrogens with one attached hydrogen (secondary N) is 2. The zero-order valence-corrected chi connectivity index (χ0v) is 14.6. The average Bonchev–Trinajstić information content (AvgIpc) is 3.09. The van der Waals surface area contributed by atoms with Crippen molar-refractivity contribution < 1.29 is 9.53 Å². The van der Waals surface area contributed by atoms with Gasteiger partial charge in [-0.05, 0) is 38.5 Å². The van der Waals surface area contributed by atoms with Gasteiger partial charge in [0.2, 0.25) is 0 Å². The van der Waals surface area contributed by atoms with Crippen LogP contribution in [0.15, 0.2) is 0 Å². The quantitative estimate of drug-likeness (QED) is 0.809. The van der Waals surface area contributed by atoms with Crippen molar-refractivity contribution in [2.24, 2.45) is 5.41 Å². The summed E-state index contributed by atoms with van der Waals surface area (Å²) in [7, 11) is 1.74. The number of amides is 2. The van der Waals surface area contributed by atoms with Crippen molar-refractivity contribution in [1.82, 2.24) is 15.6 Å². The minimum atomic E-state index is -0.103. The summed E-state index contributed by atoms with van der Waals surface area (Å²) in [4.78, 5) is 17.6. The molecule has 1 aliphatic carbocycles. The molecule has 0 atom stereocenters. The lowest BCUT2D eigenvalue weighted by molar-refractivity contribution is 0.136. The van der Waals surface area contributed by atoms with Gasteiger partial charge in [-0.3, -0.25) is 0 Å². The summed E-state index contributed by atoms with van der Waals surface area (Å²) in [6.07, 6.45) is 5.90. The van der Waals surface area contributed by atoms with Gasteiger partial charge in [0, 0.05) is 25.1 Å². The molecule has 1 heterocycles. The number of thiazole rings is 1. The van der Waals surface area contributed by atoms with E-state index in [1.165, 1.54) is 30.6 Å². The largest absolute Gasteiger partial charge is 0.385 e. The number of rotatable bonds is 7. The second-order valence-electron chi connectivity index (χ2n) is 6.24. The number of hydrogen-bond acceptors (Lipinski definition) is 4. The Morgan fingerprint density at radius 1 is 1.32 bits per heavy atom. The Kier molecular flexibility index (Phi) is 6.20. The standard InChI is InChI=1S/C16H27N3O2S/c1-12-13(2)22-14(19-12)10-17-15(20)18-11-16(8-9-21-3)6-4-5-7-16/h4-11H2,1-3H3,(H2,17,18,20). The van der Waals surface area contributed by atoms with Gasteiger partial charge in [0.15, 0.2) is 0 Å². The van der Waals surface area contributed by atoms with E-state index >= 15 is 0 Å². The topological polar surface area (TPSA) is 63.2 Å². The molecule has 5 nitrogen and oxygen atoms in total. The fourth-order valence-electron chi connectivity index (χ4n) is 3.06. The van der Waals surface area contributed by atoms with Crippen molar-refractivity contribution in [3.05, 3.63) is 15.6 Å². The van der Waals surface area contributed by atoms with E-state index < -0.39 is 0 Å². The van der Waals surface area contributed by atoms with E-state index in [9.17, 15) is 4.79 Å². The maximum Gasteiger partial charge on any atom is 0.315 e. The fourth-order valence-corrected chi connectivity index (χ4v) is 3.93. The minimum Gasteiger partial charge on any atom is -0.385 e. The van der Waals surface area contributed by atoms with E-state index in [1.54, 1.807) is 18.4 Å². The van der Waals surface area contributed by atoms with Gasteiger partial charge in [-0.15, -0.1) is 11.3 Å². The van der Waals surface area contributed by atoms with Crippen LogP contribution in [-0.4, -0.2) is 31.3 Å². The third-order valence-electron chi connectivity index (χ3n) is 4.60. The van der Waals surface area contributed by atoms with Gasteiger partial charge in [-0.2, -0.15) is 0 Å². The van der Waals surface area contributed by atoms with Crippen LogP contribution in [-0.2, 0) is 11.3 Å². The first-order chi connectivity index (χ1) is 10.5. The first-order valence-electron chi connectivity index (χ1n) is 7.98. The Balaban J connectivity index is 1.76. The zero-order chi connectivity index (χ0) is 16.0. The second-order valence-corrected chi connectivity index (χ2v) is 7.52. The van der Waals surface area contributed by atoms with Crippen LogP contribution in [0.25, 0.3) is 0 Å². The van der Waals surface area contributed by atoms with Crippen LogP contribution >= 0.6 is 11.3 Å². The molecule has 6 heteroatoms. The van der Waals surface area contributed by atoms with Crippen LogP contribution < -0.4 is 10.6 Å². The highest BCUT2D eigenvalue weighted by atomic mass is 32.1. The van der Waals surface area contributed by atoms with Crippen molar-refractivity contribution in [1.29, 1.82) is 0 Å². The Labute approximate surface area is 136 Å². The summed E-state index contributed by atoms with van der Waals surface area (Å²) < 4.78 is 5.22. The summed E-state index contributed by atoms with van der Waals surface area (Å²) in [6.45, 7) is 6.04. The summed E-state index contributed by atoms with van der Waals surface area (Å²) in [6, 6.07) is -0.103. The molecule has 0 radical (unpaired) electrons. The SMILES string of the molecule is COCCC1(CNC(=O)NCc2nc(C)c(C)s2)CCCC1. The third-order valence-corrected chi connectivity index (χ3v) is 5.67. The van der Waals surface area contributed by atoms with E-state index in [0.29, 0.717) is 6.54 Å². The number of aromatic nitrogens is 1. The van der Waals surface area contributed by atoms with Gasteiger partial charge in [0.1, 0.15) is 5.01 Å². The minimum absolute atomic E-state index is 0.103. The van der Waals surface area contributed by atoms with Crippen LogP contribution in [0.5, 0.6) is 0 Å². The first kappa shape index (κ1) is 17.2. The van der Waals surface area contributed by atoms with Gasteiger partial charge in [-0.1, -0.05) is 12.8 Å². The predicted molar refractivity (Wildman–Crippen MR) is 89.2 cm³/mol. The van der Waals surface area contributed by atoms with Crippen LogP contribution in [0.4, 0.5) is 4.79 Å². The Bertz CT molecular complexity index is 476. The Hall–Kier alpha value is -1.14. The molecule has 2 rings (SSSR count). The monoisotopic (exact) mass is 325 g/mol. The fraction of sp³-hybridized carbons (Fsp3) is 0.750. The molecule has 0 spiro atoms. The molecule has 1 aliphatic rings. The maximum absolute atomic E-state index is 12.0. The normalized spacial score (nSPS) is 16.7. The number of aryl methyl sites for hydroxylation is 2. The van der Waals surface area contributed by atoms with Crippen LogP contribution in [0.3, 0.4) is 0 Å². The van der Waals surface area contributed by atoms with Crippen molar-refractivity contribution in [2.75, 3.05) is 20.3 Å². The average molecular weight is 325 g/mol. The predicted octanol–water partition coefficient (Wildman–Crippen LogP) is 3.16. The van der Waals surface area contributed by atoms with Gasteiger partial charge < -0.3 is 15.4 Å². The summed E-state index contributed by atoms with van der Waals surface area (Å²) in [5, 5.41) is 6.90. The van der Waals surface area contributed by atoms with E-state index in [-0.39, 0.29) is 11.4 Å². The highest BCUT2D eigenvalue weighted by molar-refractivity contribution is 7.11. The molecular weight excluding hydrogens is 298 g/mol. The first-order valence-corrected chi connectivity index (χ1v) is 8.80. The van der Waals surface area contributed by atoms with Gasteiger partial charge in [0.05, 0.1) is 12.2 Å². The number of carbonyl (C=O) groups is 1. The van der Waals surface area contributed by atoms with Crippen molar-refractivity contribution >= 4 is 17.4 Å². The van der Waals surface area contributed by atoms with Crippen LogP contribution in [0.2, 0.25) is 0 Å². The third kappa shape index (κ3) is 4.68. The maximum atomic E-state index is 12.0. The number of carbonyl (C=O) groups excluding carboxylic acids is 1. The van der Waals surface area contributed by atoms with Crippen molar-refractivity contribution in [3.8, 4) is 0 Å². The number of urea groups is 1. The number of methoxy groups -OCH3 is 1. The molecule has 0 bridgehead atoms. The molecule has 0 aromatic carbocycles. The Morgan fingerprint density at radius 3 is 2.64 bits per heavy atom. The summed E-state index contributed by atoms with van der Waals surface area (Å²) in [5.74, 6) is 0. The Morgan fingerprint density at radius 2 is 2.05 bits per heavy atom. The molecule has 0 unspecified atom stereocenters. The van der Waals surface area contributed by atoms with Crippen molar-refractivity contribution in [3.63, 3.8) is 0 Å². The molecule has 22 heavy (non-hydrogen) atoms. The molecule has 1 aromatic rings. The van der Waals surface area contributed by atoms with Crippen LogP contribution in [0, 0.1) is 19.3 Å². The van der Waals surface area contributed by atoms with Crippen molar-refractivity contribution in [2.45, 2.75) is 52.5 Å². The highest BCUT2D eigenvalue weighted by Crippen LogP contribution is 2.40. The van der Waals surface area contributed by atoms with E-state index in [1.807, 2.05) is 6.92 Å². The van der Waals surface area contributed by atoms with Gasteiger partial charge in [-0.25, -0.2) is 9.78 Å². The number of nitrogens with zero attached hydrogens (tertiary/aromatic N) is 1.